The molecule has 2 nitrogen and oxygen atoms in total. The Labute approximate surface area is 84.6 Å². The summed E-state index contributed by atoms with van der Waals surface area (Å²) < 4.78 is 5.12. The number of hydrogen-bond donors (Lipinski definition) is 0. The summed E-state index contributed by atoms with van der Waals surface area (Å²) in [4.78, 5) is 11.9. The van der Waals surface area contributed by atoms with Gasteiger partial charge in [-0.3, -0.25) is 4.79 Å². The Morgan fingerprint density at radius 1 is 1.57 bits per heavy atom. The molecule has 0 aromatic carbocycles. The van der Waals surface area contributed by atoms with Gasteiger partial charge in [-0.05, 0) is 38.5 Å². The van der Waals surface area contributed by atoms with E-state index in [4.69, 9.17) is 4.74 Å². The smallest absolute Gasteiger partial charge is 0.317 e. The third kappa shape index (κ3) is 1.29. The third-order valence-electron chi connectivity index (χ3n) is 3.41. The molecule has 0 N–H and O–H groups in total. The molecule has 2 aliphatic rings. The minimum Gasteiger partial charge on any atom is -0.432 e. The molecule has 2 heteroatoms. The molecule has 2 rings (SSSR count). The maximum Gasteiger partial charge on any atom is 0.317 e. The number of carbonyl (C=O) groups excluding carboxylic acids is 1. The second kappa shape index (κ2) is 2.97. The van der Waals surface area contributed by atoms with Crippen LogP contribution in [0.3, 0.4) is 0 Å². The lowest BCUT2D eigenvalue weighted by Gasteiger charge is -2.28. The Hall–Kier alpha value is -1.05. The maximum atomic E-state index is 11.9. The Balaban J connectivity index is 2.14. The number of allylic oxidation sites excluding steroid dienone is 3. The monoisotopic (exact) mass is 192 g/mol. The Kier molecular flexibility index (Phi) is 2.02. The van der Waals surface area contributed by atoms with Crippen molar-refractivity contribution in [2.24, 2.45) is 17.3 Å². The molecule has 2 aliphatic carbocycles. The number of carbonyl (C=O) groups is 1. The SMILES string of the molecule is C=C(C)OC(=O)C1(C)CC2C=CC1C2. The van der Waals surface area contributed by atoms with Crippen LogP contribution in [0.25, 0.3) is 0 Å². The predicted molar refractivity (Wildman–Crippen MR) is 54.4 cm³/mol. The molecule has 0 heterocycles. The van der Waals surface area contributed by atoms with E-state index in [9.17, 15) is 4.79 Å². The molecule has 1 saturated carbocycles. The second-order valence-electron chi connectivity index (χ2n) is 4.70. The molecule has 0 aromatic rings. The third-order valence-corrected chi connectivity index (χ3v) is 3.41. The molecule has 76 valence electrons. The Morgan fingerprint density at radius 2 is 2.29 bits per heavy atom. The predicted octanol–water partition coefficient (Wildman–Crippen LogP) is 2.67. The van der Waals surface area contributed by atoms with Crippen molar-refractivity contribution < 1.29 is 9.53 Å². The second-order valence-corrected chi connectivity index (χ2v) is 4.70. The zero-order chi connectivity index (χ0) is 10.3. The molecular weight excluding hydrogens is 176 g/mol. The molecule has 0 amide bonds. The maximum absolute atomic E-state index is 11.9. The van der Waals surface area contributed by atoms with Crippen LogP contribution >= 0.6 is 0 Å². The van der Waals surface area contributed by atoms with E-state index in [1.54, 1.807) is 6.92 Å². The fourth-order valence-corrected chi connectivity index (χ4v) is 2.60. The standard InChI is InChI=1S/C12H16O2/c1-8(2)14-11(13)12(3)7-9-4-5-10(12)6-9/h4-5,9-10H,1,6-7H2,2-3H3. The van der Waals surface area contributed by atoms with E-state index >= 15 is 0 Å². The van der Waals surface area contributed by atoms with Crippen LogP contribution in [0.5, 0.6) is 0 Å². The number of esters is 1. The number of ether oxygens (including phenoxy) is 1. The van der Waals surface area contributed by atoms with Gasteiger partial charge in [-0.1, -0.05) is 18.7 Å². The molecular formula is C12H16O2. The lowest BCUT2D eigenvalue weighted by Crippen LogP contribution is -2.33. The molecule has 0 radical (unpaired) electrons. The van der Waals surface area contributed by atoms with Gasteiger partial charge in [0.25, 0.3) is 0 Å². The van der Waals surface area contributed by atoms with Crippen LogP contribution in [0.15, 0.2) is 24.5 Å². The summed E-state index contributed by atoms with van der Waals surface area (Å²) >= 11 is 0. The summed E-state index contributed by atoms with van der Waals surface area (Å²) in [5.41, 5.74) is -0.307. The highest BCUT2D eigenvalue weighted by atomic mass is 16.5. The highest BCUT2D eigenvalue weighted by Gasteiger charge is 2.51. The molecule has 1 fully saturated rings. The van der Waals surface area contributed by atoms with Crippen LogP contribution < -0.4 is 0 Å². The van der Waals surface area contributed by atoms with Gasteiger partial charge in [-0.2, -0.15) is 0 Å². The van der Waals surface area contributed by atoms with Gasteiger partial charge in [0, 0.05) is 0 Å². The molecule has 0 aliphatic heterocycles. The molecule has 0 spiro atoms. The first-order chi connectivity index (χ1) is 6.52. The van der Waals surface area contributed by atoms with Crippen LogP contribution in [-0.2, 0) is 9.53 Å². The number of hydrogen-bond acceptors (Lipinski definition) is 2. The quantitative estimate of drug-likeness (QED) is 0.382. The van der Waals surface area contributed by atoms with Crippen molar-refractivity contribution in [3.63, 3.8) is 0 Å². The summed E-state index contributed by atoms with van der Waals surface area (Å²) in [6, 6.07) is 0. The van der Waals surface area contributed by atoms with Crippen molar-refractivity contribution in [3.8, 4) is 0 Å². The first-order valence-electron chi connectivity index (χ1n) is 5.08. The average Bonchev–Trinajstić information content (AvgIpc) is 2.62. The molecule has 2 bridgehead atoms. The summed E-state index contributed by atoms with van der Waals surface area (Å²) in [6.07, 6.45) is 6.43. The van der Waals surface area contributed by atoms with Gasteiger partial charge in [0.2, 0.25) is 0 Å². The first kappa shape index (κ1) is 9.50. The van der Waals surface area contributed by atoms with E-state index in [0.717, 1.165) is 12.8 Å². The van der Waals surface area contributed by atoms with E-state index in [1.165, 1.54) is 0 Å². The van der Waals surface area contributed by atoms with Crippen molar-refractivity contribution in [2.45, 2.75) is 26.7 Å². The Bertz CT molecular complexity index is 316. The topological polar surface area (TPSA) is 26.3 Å². The van der Waals surface area contributed by atoms with Crippen molar-refractivity contribution in [1.82, 2.24) is 0 Å². The van der Waals surface area contributed by atoms with E-state index in [2.05, 4.69) is 18.7 Å². The largest absolute Gasteiger partial charge is 0.432 e. The summed E-state index contributed by atoms with van der Waals surface area (Å²) in [5, 5.41) is 0. The van der Waals surface area contributed by atoms with Gasteiger partial charge in [-0.25, -0.2) is 0 Å². The van der Waals surface area contributed by atoms with E-state index in [1.807, 2.05) is 6.92 Å². The summed E-state index contributed by atoms with van der Waals surface area (Å²) in [5.74, 6) is 1.34. The normalized spacial score (nSPS) is 38.7. The summed E-state index contributed by atoms with van der Waals surface area (Å²) in [6.45, 7) is 7.32. The number of fused-ring (bicyclic) bond motifs is 2. The lowest BCUT2D eigenvalue weighted by atomic mass is 9.78. The zero-order valence-electron chi connectivity index (χ0n) is 8.75. The van der Waals surface area contributed by atoms with Crippen molar-refractivity contribution in [1.29, 1.82) is 0 Å². The lowest BCUT2D eigenvalue weighted by molar-refractivity contribution is -0.151. The zero-order valence-corrected chi connectivity index (χ0v) is 8.75. The minimum absolute atomic E-state index is 0.109. The van der Waals surface area contributed by atoms with Gasteiger partial charge in [0.05, 0.1) is 11.2 Å². The molecule has 14 heavy (non-hydrogen) atoms. The van der Waals surface area contributed by atoms with E-state index in [0.29, 0.717) is 17.6 Å². The molecule has 3 atom stereocenters. The highest BCUT2D eigenvalue weighted by molar-refractivity contribution is 5.79. The van der Waals surface area contributed by atoms with Crippen LogP contribution in [0.2, 0.25) is 0 Å². The molecule has 0 saturated heterocycles. The van der Waals surface area contributed by atoms with Gasteiger partial charge in [0.1, 0.15) is 0 Å². The van der Waals surface area contributed by atoms with Crippen LogP contribution in [0.1, 0.15) is 26.7 Å². The first-order valence-corrected chi connectivity index (χ1v) is 5.08. The van der Waals surface area contributed by atoms with Crippen molar-refractivity contribution >= 4 is 5.97 Å². The minimum atomic E-state index is -0.307. The van der Waals surface area contributed by atoms with Crippen LogP contribution in [-0.4, -0.2) is 5.97 Å². The summed E-state index contributed by atoms with van der Waals surface area (Å²) in [7, 11) is 0. The van der Waals surface area contributed by atoms with Crippen molar-refractivity contribution in [2.75, 3.05) is 0 Å². The van der Waals surface area contributed by atoms with Gasteiger partial charge >= 0.3 is 5.97 Å². The average molecular weight is 192 g/mol. The fourth-order valence-electron chi connectivity index (χ4n) is 2.60. The van der Waals surface area contributed by atoms with Gasteiger partial charge < -0.3 is 4.74 Å². The number of rotatable bonds is 2. The molecule has 0 aromatic heterocycles. The van der Waals surface area contributed by atoms with Crippen LogP contribution in [0, 0.1) is 17.3 Å². The Morgan fingerprint density at radius 3 is 2.71 bits per heavy atom. The van der Waals surface area contributed by atoms with Crippen molar-refractivity contribution in [3.05, 3.63) is 24.5 Å². The highest BCUT2D eigenvalue weighted by Crippen LogP contribution is 2.52. The van der Waals surface area contributed by atoms with Crippen LogP contribution in [0.4, 0.5) is 0 Å². The van der Waals surface area contributed by atoms with E-state index < -0.39 is 0 Å². The van der Waals surface area contributed by atoms with E-state index in [-0.39, 0.29) is 11.4 Å². The van der Waals surface area contributed by atoms with Gasteiger partial charge in [0.15, 0.2) is 0 Å². The van der Waals surface area contributed by atoms with Gasteiger partial charge in [-0.15, -0.1) is 0 Å². The fraction of sp³-hybridized carbons (Fsp3) is 0.583. The molecule has 3 unspecified atom stereocenters.